The molecule has 2 aromatic carbocycles. The number of carbonyl (C=O) groups excluding carboxylic acids is 1. The van der Waals surface area contributed by atoms with Gasteiger partial charge in [0, 0.05) is 30.8 Å². The highest BCUT2D eigenvalue weighted by Gasteiger charge is 2.32. The van der Waals surface area contributed by atoms with Gasteiger partial charge in [-0.3, -0.25) is 4.79 Å². The fourth-order valence-electron chi connectivity index (χ4n) is 4.29. The van der Waals surface area contributed by atoms with Crippen LogP contribution in [0.25, 0.3) is 0 Å². The maximum atomic E-state index is 12.7. The molecule has 1 saturated carbocycles. The van der Waals surface area contributed by atoms with Crippen molar-refractivity contribution in [3.63, 3.8) is 0 Å². The van der Waals surface area contributed by atoms with Gasteiger partial charge < -0.3 is 14.4 Å². The summed E-state index contributed by atoms with van der Waals surface area (Å²) in [6, 6.07) is 12.4. The fourth-order valence-corrected chi connectivity index (χ4v) is 4.95. The van der Waals surface area contributed by atoms with Crippen LogP contribution >= 0.6 is 0 Å². The monoisotopic (exact) mass is 429 g/mol. The first kappa shape index (κ1) is 20.7. The van der Waals surface area contributed by atoms with Gasteiger partial charge in [0.25, 0.3) is 0 Å². The molecule has 1 heterocycles. The van der Waals surface area contributed by atoms with Gasteiger partial charge in [0.15, 0.2) is 21.3 Å². The van der Waals surface area contributed by atoms with Crippen LogP contribution in [-0.2, 0) is 14.6 Å². The number of benzene rings is 2. The predicted octanol–water partition coefficient (Wildman–Crippen LogP) is 3.94. The molecule has 0 radical (unpaired) electrons. The molecule has 2 aromatic rings. The maximum Gasteiger partial charge on any atom is 0.227 e. The van der Waals surface area contributed by atoms with Crippen LogP contribution in [0.5, 0.6) is 11.5 Å². The number of sulfone groups is 1. The summed E-state index contributed by atoms with van der Waals surface area (Å²) < 4.78 is 35.4. The van der Waals surface area contributed by atoms with E-state index in [1.54, 1.807) is 36.3 Å². The Hall–Kier alpha value is -2.54. The average molecular weight is 430 g/mol. The van der Waals surface area contributed by atoms with E-state index in [1.807, 2.05) is 18.2 Å². The van der Waals surface area contributed by atoms with E-state index < -0.39 is 9.84 Å². The Labute approximate surface area is 177 Å². The lowest BCUT2D eigenvalue weighted by Crippen LogP contribution is -2.24. The number of methoxy groups -OCH3 is 1. The van der Waals surface area contributed by atoms with Crippen molar-refractivity contribution in [2.45, 2.75) is 49.0 Å². The minimum Gasteiger partial charge on any atom is -0.493 e. The summed E-state index contributed by atoms with van der Waals surface area (Å²) in [4.78, 5) is 14.6. The lowest BCUT2D eigenvalue weighted by Gasteiger charge is -2.19. The minimum absolute atomic E-state index is 0.0104. The Morgan fingerprint density at radius 2 is 1.80 bits per heavy atom. The van der Waals surface area contributed by atoms with Gasteiger partial charge in [-0.15, -0.1) is 0 Å². The van der Waals surface area contributed by atoms with Gasteiger partial charge in [-0.25, -0.2) is 8.42 Å². The molecule has 0 unspecified atom stereocenters. The molecular formula is C23H27NO5S. The van der Waals surface area contributed by atoms with Gasteiger partial charge in [-0.1, -0.05) is 12.1 Å². The van der Waals surface area contributed by atoms with Crippen molar-refractivity contribution in [1.29, 1.82) is 0 Å². The molecule has 1 amide bonds. The summed E-state index contributed by atoms with van der Waals surface area (Å²) in [6.07, 6.45) is 6.24. The number of hydrogen-bond donors (Lipinski definition) is 0. The van der Waals surface area contributed by atoms with Crippen molar-refractivity contribution in [1.82, 2.24) is 0 Å². The van der Waals surface area contributed by atoms with E-state index in [1.165, 1.54) is 19.1 Å². The molecule has 0 spiro atoms. The fraction of sp³-hybridized carbons (Fsp3) is 0.435. The normalized spacial score (nSPS) is 20.0. The van der Waals surface area contributed by atoms with E-state index in [0.29, 0.717) is 24.4 Å². The van der Waals surface area contributed by atoms with Gasteiger partial charge in [-0.2, -0.15) is 0 Å². The topological polar surface area (TPSA) is 72.9 Å². The van der Waals surface area contributed by atoms with Crippen molar-refractivity contribution in [3.8, 4) is 11.5 Å². The molecule has 0 bridgehead atoms. The first-order chi connectivity index (χ1) is 14.3. The number of hydrogen-bond acceptors (Lipinski definition) is 5. The third kappa shape index (κ3) is 4.31. The highest BCUT2D eigenvalue weighted by atomic mass is 32.2. The van der Waals surface area contributed by atoms with Gasteiger partial charge >= 0.3 is 0 Å². The molecular weight excluding hydrogens is 402 g/mol. The second-order valence-electron chi connectivity index (χ2n) is 8.11. The highest BCUT2D eigenvalue weighted by Crippen LogP contribution is 2.38. The van der Waals surface area contributed by atoms with Crippen LogP contribution in [0, 0.1) is 0 Å². The SMILES string of the molecule is COc1ccc([C@@H]2CC(=O)N(c3cccc(S(C)(=O)=O)c3)C2)cc1OC1CCCC1. The van der Waals surface area contributed by atoms with Crippen LogP contribution in [0.4, 0.5) is 5.69 Å². The Balaban J connectivity index is 1.56. The van der Waals surface area contributed by atoms with Crippen LogP contribution in [0.3, 0.4) is 0 Å². The minimum atomic E-state index is -3.33. The van der Waals surface area contributed by atoms with Crippen LogP contribution in [0.15, 0.2) is 47.4 Å². The zero-order chi connectivity index (χ0) is 21.3. The van der Waals surface area contributed by atoms with Gasteiger partial charge in [-0.05, 0) is 61.6 Å². The summed E-state index contributed by atoms with van der Waals surface area (Å²) in [5, 5.41) is 0. The summed E-state index contributed by atoms with van der Waals surface area (Å²) in [5.41, 5.74) is 1.64. The largest absolute Gasteiger partial charge is 0.493 e. The number of carbonyl (C=O) groups is 1. The summed E-state index contributed by atoms with van der Waals surface area (Å²) in [5.74, 6) is 1.43. The molecule has 0 N–H and O–H groups in total. The molecule has 4 rings (SSSR count). The molecule has 160 valence electrons. The molecule has 30 heavy (non-hydrogen) atoms. The van der Waals surface area contributed by atoms with Crippen molar-refractivity contribution >= 4 is 21.4 Å². The lowest BCUT2D eigenvalue weighted by atomic mass is 9.98. The highest BCUT2D eigenvalue weighted by molar-refractivity contribution is 7.90. The van der Waals surface area contributed by atoms with Crippen molar-refractivity contribution in [2.75, 3.05) is 24.8 Å². The van der Waals surface area contributed by atoms with Gasteiger partial charge in [0.1, 0.15) is 0 Å². The van der Waals surface area contributed by atoms with E-state index in [4.69, 9.17) is 9.47 Å². The Morgan fingerprint density at radius 3 is 2.50 bits per heavy atom. The van der Waals surface area contributed by atoms with Crippen LogP contribution < -0.4 is 14.4 Å². The maximum absolute atomic E-state index is 12.7. The summed E-state index contributed by atoms with van der Waals surface area (Å²) >= 11 is 0. The zero-order valence-electron chi connectivity index (χ0n) is 17.3. The summed E-state index contributed by atoms with van der Waals surface area (Å²) in [6.45, 7) is 0.501. The van der Waals surface area contributed by atoms with Crippen LogP contribution in [-0.4, -0.2) is 40.3 Å². The van der Waals surface area contributed by atoms with Gasteiger partial charge in [0.2, 0.25) is 5.91 Å². The molecule has 1 aliphatic heterocycles. The van der Waals surface area contributed by atoms with Crippen LogP contribution in [0.2, 0.25) is 0 Å². The Morgan fingerprint density at radius 1 is 1.03 bits per heavy atom. The number of rotatable bonds is 6. The van der Waals surface area contributed by atoms with E-state index in [0.717, 1.165) is 24.2 Å². The first-order valence-electron chi connectivity index (χ1n) is 10.3. The molecule has 2 aliphatic rings. The Kier molecular flexibility index (Phi) is 5.73. The predicted molar refractivity (Wildman–Crippen MR) is 115 cm³/mol. The molecule has 2 fully saturated rings. The lowest BCUT2D eigenvalue weighted by molar-refractivity contribution is -0.117. The molecule has 6 nitrogen and oxygen atoms in total. The summed E-state index contributed by atoms with van der Waals surface area (Å²) in [7, 11) is -1.70. The van der Waals surface area contributed by atoms with Crippen molar-refractivity contribution in [3.05, 3.63) is 48.0 Å². The first-order valence-corrected chi connectivity index (χ1v) is 12.2. The van der Waals surface area contributed by atoms with Crippen LogP contribution in [0.1, 0.15) is 43.6 Å². The van der Waals surface area contributed by atoms with Crippen molar-refractivity contribution in [2.24, 2.45) is 0 Å². The number of amides is 1. The molecule has 1 atom stereocenters. The molecule has 0 aromatic heterocycles. The molecule has 7 heteroatoms. The Bertz CT molecular complexity index is 1040. The molecule has 1 saturated heterocycles. The second-order valence-corrected chi connectivity index (χ2v) is 10.1. The zero-order valence-corrected chi connectivity index (χ0v) is 18.2. The average Bonchev–Trinajstić information content (AvgIpc) is 3.37. The number of nitrogens with zero attached hydrogens (tertiary/aromatic N) is 1. The second kappa shape index (κ2) is 8.30. The van der Waals surface area contributed by atoms with Crippen molar-refractivity contribution < 1.29 is 22.7 Å². The van der Waals surface area contributed by atoms with Gasteiger partial charge in [0.05, 0.1) is 18.1 Å². The molecule has 1 aliphatic carbocycles. The standard InChI is InChI=1S/C23H27NO5S/c1-28-21-11-10-16(12-22(21)29-19-7-3-4-8-19)17-13-23(25)24(15-17)18-6-5-9-20(14-18)30(2,26)27/h5-6,9-12,14,17,19H,3-4,7-8,13,15H2,1-2H3/t17-/m1/s1. The van der Waals surface area contributed by atoms with E-state index in [9.17, 15) is 13.2 Å². The third-order valence-electron chi connectivity index (χ3n) is 5.94. The van der Waals surface area contributed by atoms with E-state index >= 15 is 0 Å². The number of anilines is 1. The van der Waals surface area contributed by atoms with E-state index in [-0.39, 0.29) is 22.8 Å². The third-order valence-corrected chi connectivity index (χ3v) is 7.05. The van der Waals surface area contributed by atoms with E-state index in [2.05, 4.69) is 0 Å². The number of ether oxygens (including phenoxy) is 2. The quantitative estimate of drug-likeness (QED) is 0.695. The smallest absolute Gasteiger partial charge is 0.227 e.